The molecule has 2 aliphatic carbocycles. The Balaban J connectivity index is 1.38. The van der Waals surface area contributed by atoms with Gasteiger partial charge in [-0.1, -0.05) is 23.8 Å². The lowest BCUT2D eigenvalue weighted by molar-refractivity contribution is -0.385. The van der Waals surface area contributed by atoms with Gasteiger partial charge >= 0.3 is 0 Å². The van der Waals surface area contributed by atoms with Crippen LogP contribution in [0.5, 0.6) is 17.4 Å². The summed E-state index contributed by atoms with van der Waals surface area (Å²) in [6, 6.07) is 5.77. The van der Waals surface area contributed by atoms with Crippen LogP contribution in [-0.4, -0.2) is 39.6 Å². The third-order valence-corrected chi connectivity index (χ3v) is 6.52. The van der Waals surface area contributed by atoms with E-state index in [4.69, 9.17) is 21.1 Å². The summed E-state index contributed by atoms with van der Waals surface area (Å²) >= 11 is 6.42. The maximum atomic E-state index is 12.8. The van der Waals surface area contributed by atoms with Crippen molar-refractivity contribution in [2.24, 2.45) is 28.8 Å². The van der Waals surface area contributed by atoms with E-state index in [1.165, 1.54) is 18.3 Å². The van der Waals surface area contributed by atoms with Crippen molar-refractivity contribution in [3.63, 3.8) is 0 Å². The molecule has 4 atom stereocenters. The van der Waals surface area contributed by atoms with E-state index < -0.39 is 4.92 Å². The van der Waals surface area contributed by atoms with E-state index in [1.54, 1.807) is 19.1 Å². The van der Waals surface area contributed by atoms with Gasteiger partial charge in [0.15, 0.2) is 11.5 Å². The van der Waals surface area contributed by atoms with Gasteiger partial charge in [0.2, 0.25) is 5.88 Å². The lowest BCUT2D eigenvalue weighted by Crippen LogP contribution is -2.28. The zero-order valence-corrected chi connectivity index (χ0v) is 18.7. The molecule has 2 aromatic rings. The molecule has 0 unspecified atom stereocenters. The maximum absolute atomic E-state index is 12.8. The molecule has 1 saturated carbocycles. The summed E-state index contributed by atoms with van der Waals surface area (Å²) in [6.45, 7) is 2.09. The van der Waals surface area contributed by atoms with Crippen molar-refractivity contribution >= 4 is 35.3 Å². The standard InChI is InChI=1S/C23H19ClN4O6/c1-2-33-17-8-12(7-16(24)21(17)34-18-6-5-15(11-25-18)28(31)32)10-26-27-22(29)19-13-3-4-14(9-13)20(19)23(27)30/h3-8,10-11,13-14,19-20H,2,9H2,1H3/t13-,14-,19-,20+/m0/s1. The van der Waals surface area contributed by atoms with Crippen molar-refractivity contribution in [3.8, 4) is 17.4 Å². The molecule has 0 N–H and O–H groups in total. The number of nitrogens with zero attached hydrogens (tertiary/aromatic N) is 4. The van der Waals surface area contributed by atoms with Gasteiger partial charge in [-0.05, 0) is 42.9 Å². The minimum absolute atomic E-state index is 0.0953. The highest BCUT2D eigenvalue weighted by molar-refractivity contribution is 6.32. The Morgan fingerprint density at radius 3 is 2.53 bits per heavy atom. The number of ether oxygens (including phenoxy) is 2. The number of hydrogen-bond donors (Lipinski definition) is 0. The van der Waals surface area contributed by atoms with Crippen LogP contribution in [0.4, 0.5) is 5.69 Å². The van der Waals surface area contributed by atoms with Gasteiger partial charge in [0.05, 0.1) is 34.6 Å². The SMILES string of the molecule is CCOc1cc(C=NN2C(=O)[C@@H]3[C@H](C2=O)[C@H]2C=C[C@H]3C2)cc(Cl)c1Oc1ccc([N+](=O)[O-])cn1. The van der Waals surface area contributed by atoms with Crippen LogP contribution in [0.1, 0.15) is 18.9 Å². The van der Waals surface area contributed by atoms with E-state index in [0.717, 1.165) is 17.6 Å². The molecule has 34 heavy (non-hydrogen) atoms. The van der Waals surface area contributed by atoms with Gasteiger partial charge in [-0.2, -0.15) is 10.1 Å². The highest BCUT2D eigenvalue weighted by atomic mass is 35.5. The molecule has 2 fully saturated rings. The molecule has 5 rings (SSSR count). The molecule has 11 heteroatoms. The number of aromatic nitrogens is 1. The van der Waals surface area contributed by atoms with Gasteiger partial charge in [0.1, 0.15) is 6.20 Å². The minimum Gasteiger partial charge on any atom is -0.490 e. The fourth-order valence-electron chi connectivity index (χ4n) is 4.79. The first kappa shape index (κ1) is 22.0. The zero-order valence-electron chi connectivity index (χ0n) is 18.0. The second-order valence-electron chi connectivity index (χ2n) is 8.21. The first-order valence-corrected chi connectivity index (χ1v) is 11.1. The second kappa shape index (κ2) is 8.53. The van der Waals surface area contributed by atoms with Crippen LogP contribution in [0, 0.1) is 33.8 Å². The summed E-state index contributed by atoms with van der Waals surface area (Å²) in [6.07, 6.45) is 7.36. The fraction of sp³-hybridized carbons (Fsp3) is 0.304. The fourth-order valence-corrected chi connectivity index (χ4v) is 5.05. The van der Waals surface area contributed by atoms with Crippen molar-refractivity contribution in [3.05, 3.63) is 63.3 Å². The number of pyridine rings is 1. The van der Waals surface area contributed by atoms with Crippen molar-refractivity contribution < 1.29 is 24.0 Å². The van der Waals surface area contributed by atoms with E-state index in [1.807, 2.05) is 12.2 Å². The summed E-state index contributed by atoms with van der Waals surface area (Å²) in [5.74, 6) is -0.434. The lowest BCUT2D eigenvalue weighted by Gasteiger charge is -2.14. The number of rotatable bonds is 7. The summed E-state index contributed by atoms with van der Waals surface area (Å²) in [4.78, 5) is 39.8. The zero-order chi connectivity index (χ0) is 24.0. The molecule has 1 saturated heterocycles. The number of benzene rings is 1. The van der Waals surface area contributed by atoms with Gasteiger partial charge in [-0.25, -0.2) is 4.98 Å². The van der Waals surface area contributed by atoms with E-state index in [2.05, 4.69) is 10.1 Å². The molecule has 1 aromatic carbocycles. The molecule has 2 amide bonds. The van der Waals surface area contributed by atoms with Gasteiger partial charge in [-0.15, -0.1) is 0 Å². The number of carbonyl (C=O) groups is 2. The molecule has 1 aromatic heterocycles. The first-order valence-electron chi connectivity index (χ1n) is 10.7. The predicted octanol–water partition coefficient (Wildman–Crippen LogP) is 3.98. The number of fused-ring (bicyclic) bond motifs is 5. The molecule has 1 aliphatic heterocycles. The Hall–Kier alpha value is -3.79. The minimum atomic E-state index is -0.562. The Morgan fingerprint density at radius 1 is 1.24 bits per heavy atom. The number of carbonyl (C=O) groups excluding carboxylic acids is 2. The van der Waals surface area contributed by atoms with Crippen molar-refractivity contribution in [2.45, 2.75) is 13.3 Å². The van der Waals surface area contributed by atoms with E-state index in [-0.39, 0.29) is 63.6 Å². The van der Waals surface area contributed by atoms with Crippen LogP contribution >= 0.6 is 11.6 Å². The monoisotopic (exact) mass is 482 g/mol. The van der Waals surface area contributed by atoms with Crippen LogP contribution in [0.3, 0.4) is 0 Å². The van der Waals surface area contributed by atoms with Crippen LogP contribution in [0.2, 0.25) is 5.02 Å². The maximum Gasteiger partial charge on any atom is 0.287 e. The highest BCUT2D eigenvalue weighted by Crippen LogP contribution is 2.52. The highest BCUT2D eigenvalue weighted by Gasteiger charge is 2.59. The van der Waals surface area contributed by atoms with Gasteiger partial charge < -0.3 is 9.47 Å². The smallest absolute Gasteiger partial charge is 0.287 e. The summed E-state index contributed by atoms with van der Waals surface area (Å²) in [7, 11) is 0. The molecule has 0 radical (unpaired) electrons. The number of halogens is 1. The quantitative estimate of drug-likeness (QED) is 0.192. The topological polar surface area (TPSA) is 124 Å². The average molecular weight is 483 g/mol. The molecular formula is C23H19ClN4O6. The number of nitro groups is 1. The van der Waals surface area contributed by atoms with Crippen LogP contribution < -0.4 is 9.47 Å². The summed E-state index contributed by atoms with van der Waals surface area (Å²) in [5, 5.41) is 16.1. The summed E-state index contributed by atoms with van der Waals surface area (Å²) < 4.78 is 11.4. The van der Waals surface area contributed by atoms with E-state index in [0.29, 0.717) is 12.2 Å². The van der Waals surface area contributed by atoms with E-state index in [9.17, 15) is 19.7 Å². The van der Waals surface area contributed by atoms with Crippen molar-refractivity contribution in [1.29, 1.82) is 0 Å². The molecule has 0 spiro atoms. The molecular weight excluding hydrogens is 464 g/mol. The number of imide groups is 1. The van der Waals surface area contributed by atoms with Crippen molar-refractivity contribution in [1.82, 2.24) is 9.99 Å². The molecule has 174 valence electrons. The molecule has 10 nitrogen and oxygen atoms in total. The van der Waals surface area contributed by atoms with E-state index >= 15 is 0 Å². The molecule has 2 bridgehead atoms. The summed E-state index contributed by atoms with van der Waals surface area (Å²) in [5.41, 5.74) is 0.324. The van der Waals surface area contributed by atoms with Crippen LogP contribution in [-0.2, 0) is 9.59 Å². The van der Waals surface area contributed by atoms with Gasteiger partial charge in [-0.3, -0.25) is 19.7 Å². The Morgan fingerprint density at radius 2 is 1.94 bits per heavy atom. The van der Waals surface area contributed by atoms with Crippen LogP contribution in [0.25, 0.3) is 0 Å². The number of hydrogen-bond acceptors (Lipinski definition) is 8. The Kier molecular flexibility index (Phi) is 5.52. The Bertz CT molecular complexity index is 1210. The predicted molar refractivity (Wildman–Crippen MR) is 121 cm³/mol. The van der Waals surface area contributed by atoms with Crippen LogP contribution in [0.15, 0.2) is 47.7 Å². The largest absolute Gasteiger partial charge is 0.490 e. The molecule has 2 heterocycles. The molecule has 3 aliphatic rings. The van der Waals surface area contributed by atoms with Crippen molar-refractivity contribution in [2.75, 3.05) is 6.61 Å². The van der Waals surface area contributed by atoms with Gasteiger partial charge in [0.25, 0.3) is 17.5 Å². The normalized spacial score (nSPS) is 24.8. The Labute approximate surface area is 199 Å². The first-order chi connectivity index (χ1) is 16.4. The average Bonchev–Trinajstić information content (AvgIpc) is 3.49. The third kappa shape index (κ3) is 3.69. The van der Waals surface area contributed by atoms with Gasteiger partial charge in [0, 0.05) is 12.1 Å². The number of amides is 2. The third-order valence-electron chi connectivity index (χ3n) is 6.24. The lowest BCUT2D eigenvalue weighted by atomic mass is 9.85. The number of allylic oxidation sites excluding steroid dienone is 2. The second-order valence-corrected chi connectivity index (χ2v) is 8.62. The number of hydrazone groups is 1.